The number of likely N-dealkylation sites (tertiary alicyclic amines) is 1. The van der Waals surface area contributed by atoms with Crippen LogP contribution in [0.1, 0.15) is 24.4 Å². The van der Waals surface area contributed by atoms with E-state index >= 15 is 0 Å². The van der Waals surface area contributed by atoms with E-state index in [1.54, 1.807) is 41.3 Å². The molecule has 0 spiro atoms. The molecule has 1 aliphatic heterocycles. The second-order valence-corrected chi connectivity index (χ2v) is 10.1. The zero-order valence-electron chi connectivity index (χ0n) is 18.2. The predicted octanol–water partition coefficient (Wildman–Crippen LogP) is 4.91. The van der Waals surface area contributed by atoms with Crippen LogP contribution >= 0.6 is 11.6 Å². The van der Waals surface area contributed by atoms with Crippen molar-refractivity contribution in [2.45, 2.75) is 23.8 Å². The number of carbonyl (C=O) groups excluding carboxylic acids is 1. The summed E-state index contributed by atoms with van der Waals surface area (Å²) in [4.78, 5) is 15.3. The van der Waals surface area contributed by atoms with E-state index in [0.717, 1.165) is 22.7 Å². The molecule has 1 fully saturated rings. The molecule has 0 bridgehead atoms. The van der Waals surface area contributed by atoms with E-state index in [2.05, 4.69) is 0 Å². The van der Waals surface area contributed by atoms with E-state index in [0.29, 0.717) is 12.3 Å². The Balaban J connectivity index is 1.68. The van der Waals surface area contributed by atoms with Gasteiger partial charge in [-0.3, -0.25) is 9.10 Å². The normalized spacial score (nSPS) is 15.9. The van der Waals surface area contributed by atoms with Crippen LogP contribution in [0.2, 0.25) is 5.02 Å². The highest BCUT2D eigenvalue weighted by Crippen LogP contribution is 2.34. The van der Waals surface area contributed by atoms with Crippen molar-refractivity contribution in [3.05, 3.63) is 89.4 Å². The van der Waals surface area contributed by atoms with Gasteiger partial charge >= 0.3 is 0 Å². The van der Waals surface area contributed by atoms with Crippen LogP contribution in [0.5, 0.6) is 5.75 Å². The highest BCUT2D eigenvalue weighted by molar-refractivity contribution is 7.92. The largest absolute Gasteiger partial charge is 0.497 e. The summed E-state index contributed by atoms with van der Waals surface area (Å²) >= 11 is 6.38. The number of sulfonamides is 1. The number of nitrogens with zero attached hydrogens (tertiary/aromatic N) is 2. The lowest BCUT2D eigenvalue weighted by atomic mass is 10.0. The number of hydrogen-bond acceptors (Lipinski definition) is 4. The van der Waals surface area contributed by atoms with Crippen molar-refractivity contribution in [3.63, 3.8) is 0 Å². The number of benzene rings is 3. The highest BCUT2D eigenvalue weighted by Gasteiger charge is 2.34. The first-order chi connectivity index (χ1) is 15.9. The average Bonchev–Trinajstić information content (AvgIpc) is 3.34. The Hall–Kier alpha value is -3.03. The number of carbonyl (C=O) groups is 1. The maximum Gasteiger partial charge on any atom is 0.264 e. The van der Waals surface area contributed by atoms with Crippen molar-refractivity contribution in [2.24, 2.45) is 0 Å². The Morgan fingerprint density at radius 1 is 1.03 bits per heavy atom. The van der Waals surface area contributed by atoms with Crippen molar-refractivity contribution in [1.82, 2.24) is 4.90 Å². The van der Waals surface area contributed by atoms with Crippen LogP contribution < -0.4 is 9.04 Å². The highest BCUT2D eigenvalue weighted by atomic mass is 35.5. The van der Waals surface area contributed by atoms with Gasteiger partial charge in [-0.15, -0.1) is 0 Å². The van der Waals surface area contributed by atoms with Gasteiger partial charge in [0.1, 0.15) is 12.3 Å². The molecule has 0 radical (unpaired) electrons. The number of anilines is 1. The molecule has 172 valence electrons. The Morgan fingerprint density at radius 3 is 2.36 bits per heavy atom. The Morgan fingerprint density at radius 2 is 1.70 bits per heavy atom. The van der Waals surface area contributed by atoms with Gasteiger partial charge in [0.15, 0.2) is 0 Å². The third-order valence-electron chi connectivity index (χ3n) is 5.80. The minimum absolute atomic E-state index is 0.0528. The summed E-state index contributed by atoms with van der Waals surface area (Å²) in [5, 5.41) is 0.253. The fourth-order valence-corrected chi connectivity index (χ4v) is 5.85. The third kappa shape index (κ3) is 4.84. The van der Waals surface area contributed by atoms with Gasteiger partial charge in [-0.25, -0.2) is 8.42 Å². The van der Waals surface area contributed by atoms with E-state index in [1.807, 2.05) is 30.3 Å². The molecule has 4 rings (SSSR count). The van der Waals surface area contributed by atoms with Gasteiger partial charge in [0.2, 0.25) is 5.91 Å². The molecule has 33 heavy (non-hydrogen) atoms. The number of hydrogen-bond donors (Lipinski definition) is 0. The van der Waals surface area contributed by atoms with E-state index in [9.17, 15) is 13.2 Å². The van der Waals surface area contributed by atoms with Gasteiger partial charge < -0.3 is 9.64 Å². The zero-order chi connectivity index (χ0) is 23.4. The molecule has 1 atom stereocenters. The molecule has 1 heterocycles. The van der Waals surface area contributed by atoms with Crippen LogP contribution in [0, 0.1) is 0 Å². The maximum absolute atomic E-state index is 13.6. The SMILES string of the molecule is COc1ccc(S(=O)(=O)N(CC(=O)N2CCCC2c2ccccc2)c2ccccc2Cl)cc1. The molecule has 6 nitrogen and oxygen atoms in total. The number of methoxy groups -OCH3 is 1. The smallest absolute Gasteiger partial charge is 0.264 e. The number of ether oxygens (including phenoxy) is 1. The summed E-state index contributed by atoms with van der Waals surface area (Å²) in [7, 11) is -2.55. The third-order valence-corrected chi connectivity index (χ3v) is 7.90. The molecule has 0 aliphatic carbocycles. The lowest BCUT2D eigenvalue weighted by molar-refractivity contribution is -0.130. The second kappa shape index (κ2) is 9.85. The standard InChI is InChI=1S/C25H25ClN2O4S/c1-32-20-13-15-21(16-14-20)33(30,31)28(24-11-6-5-10-22(24)26)18-25(29)27-17-7-12-23(27)19-8-3-2-4-9-19/h2-6,8-11,13-16,23H,7,12,17-18H2,1H3. The minimum Gasteiger partial charge on any atom is -0.497 e. The van der Waals surface area contributed by atoms with Crippen molar-refractivity contribution in [1.29, 1.82) is 0 Å². The lowest BCUT2D eigenvalue weighted by Gasteiger charge is -2.30. The summed E-state index contributed by atoms with van der Waals surface area (Å²) < 4.78 is 33.5. The van der Waals surface area contributed by atoms with Crippen molar-refractivity contribution >= 4 is 33.2 Å². The Kier molecular flexibility index (Phi) is 6.91. The number of amides is 1. The molecule has 1 amide bonds. The molecule has 1 saturated heterocycles. The van der Waals surface area contributed by atoms with Gasteiger partial charge in [0.25, 0.3) is 10.0 Å². The van der Waals surface area contributed by atoms with Gasteiger partial charge in [-0.2, -0.15) is 0 Å². The summed E-state index contributed by atoms with van der Waals surface area (Å²) in [6.07, 6.45) is 1.70. The van der Waals surface area contributed by atoms with Crippen molar-refractivity contribution < 1.29 is 17.9 Å². The number of para-hydroxylation sites is 1. The fourth-order valence-electron chi connectivity index (χ4n) is 4.13. The monoisotopic (exact) mass is 484 g/mol. The van der Waals surface area contributed by atoms with E-state index in [4.69, 9.17) is 16.3 Å². The van der Waals surface area contributed by atoms with E-state index in [-0.39, 0.29) is 34.1 Å². The molecule has 1 unspecified atom stereocenters. The minimum atomic E-state index is -4.06. The summed E-state index contributed by atoms with van der Waals surface area (Å²) in [5.41, 5.74) is 1.31. The number of halogens is 1. The van der Waals surface area contributed by atoms with Crippen molar-refractivity contribution in [2.75, 3.05) is 24.5 Å². The average molecular weight is 485 g/mol. The molecular weight excluding hydrogens is 460 g/mol. The van der Waals surface area contributed by atoms with Crippen LogP contribution in [-0.2, 0) is 14.8 Å². The van der Waals surface area contributed by atoms with Gasteiger partial charge in [0.05, 0.1) is 28.8 Å². The first-order valence-electron chi connectivity index (χ1n) is 10.7. The fraction of sp³-hybridized carbons (Fsp3) is 0.240. The predicted molar refractivity (Wildman–Crippen MR) is 129 cm³/mol. The molecule has 1 aliphatic rings. The molecule has 0 saturated carbocycles. The molecule has 3 aromatic rings. The Labute approximate surface area is 199 Å². The van der Waals surface area contributed by atoms with Crippen LogP contribution in [0.3, 0.4) is 0 Å². The van der Waals surface area contributed by atoms with Crippen molar-refractivity contribution in [3.8, 4) is 5.75 Å². The van der Waals surface area contributed by atoms with Crippen LogP contribution in [-0.4, -0.2) is 39.4 Å². The molecule has 8 heteroatoms. The Bertz CT molecular complexity index is 1220. The summed E-state index contributed by atoms with van der Waals surface area (Å²) in [5.74, 6) is 0.274. The lowest BCUT2D eigenvalue weighted by Crippen LogP contribution is -2.43. The van der Waals surface area contributed by atoms with E-state index < -0.39 is 10.0 Å². The summed E-state index contributed by atoms with van der Waals surface area (Å²) in [6, 6.07) is 22.5. The molecular formula is C25H25ClN2O4S. The first kappa shape index (κ1) is 23.1. The van der Waals surface area contributed by atoms with Crippen LogP contribution in [0.15, 0.2) is 83.8 Å². The topological polar surface area (TPSA) is 66.9 Å². The maximum atomic E-state index is 13.6. The summed E-state index contributed by atoms with van der Waals surface area (Å²) in [6.45, 7) is 0.235. The molecule has 0 N–H and O–H groups in total. The van der Waals surface area contributed by atoms with Gasteiger partial charge in [0, 0.05) is 6.54 Å². The number of rotatable bonds is 7. The first-order valence-corrected chi connectivity index (χ1v) is 12.5. The molecule has 3 aromatic carbocycles. The zero-order valence-corrected chi connectivity index (χ0v) is 19.8. The second-order valence-electron chi connectivity index (χ2n) is 7.79. The molecule has 0 aromatic heterocycles. The van der Waals surface area contributed by atoms with Gasteiger partial charge in [-0.1, -0.05) is 54.1 Å². The van der Waals surface area contributed by atoms with E-state index in [1.165, 1.54) is 19.2 Å². The van der Waals surface area contributed by atoms with Gasteiger partial charge in [-0.05, 0) is 54.8 Å². The van der Waals surface area contributed by atoms with Crippen LogP contribution in [0.25, 0.3) is 0 Å². The van der Waals surface area contributed by atoms with Crippen LogP contribution in [0.4, 0.5) is 5.69 Å². The quantitative estimate of drug-likeness (QED) is 0.478.